The van der Waals surface area contributed by atoms with Crippen molar-refractivity contribution in [3.63, 3.8) is 0 Å². The fourth-order valence-corrected chi connectivity index (χ4v) is 3.01. The van der Waals surface area contributed by atoms with Crippen LogP contribution in [0.4, 0.5) is 8.78 Å². The van der Waals surface area contributed by atoms with Gasteiger partial charge < -0.3 is 10.1 Å². The summed E-state index contributed by atoms with van der Waals surface area (Å²) in [4.78, 5) is 0. The highest BCUT2D eigenvalue weighted by atomic mass is 32.2. The van der Waals surface area contributed by atoms with Crippen molar-refractivity contribution in [1.29, 1.82) is 0 Å². The molecule has 1 aliphatic rings. The lowest BCUT2D eigenvalue weighted by atomic mass is 10.1. The van der Waals surface area contributed by atoms with Crippen molar-refractivity contribution in [3.05, 3.63) is 29.8 Å². The summed E-state index contributed by atoms with van der Waals surface area (Å²) >= 11 is 1.73. The maximum Gasteiger partial charge on any atom is 0.387 e. The van der Waals surface area contributed by atoms with E-state index in [-0.39, 0.29) is 11.1 Å². The lowest BCUT2D eigenvalue weighted by Crippen LogP contribution is -2.31. The minimum absolute atomic E-state index is 0.0427. The van der Waals surface area contributed by atoms with Gasteiger partial charge in [-0.1, -0.05) is 25.1 Å². The molecule has 0 aliphatic carbocycles. The van der Waals surface area contributed by atoms with E-state index in [1.165, 1.54) is 0 Å². The summed E-state index contributed by atoms with van der Waals surface area (Å²) in [5.41, 5.74) is 0.796. The Morgan fingerprint density at radius 2 is 2.18 bits per heavy atom. The van der Waals surface area contributed by atoms with Gasteiger partial charge in [0.15, 0.2) is 0 Å². The van der Waals surface area contributed by atoms with E-state index < -0.39 is 6.61 Å². The molecule has 0 radical (unpaired) electrons. The van der Waals surface area contributed by atoms with Crippen molar-refractivity contribution < 1.29 is 13.5 Å². The molecular weight excluding hydrogens is 244 g/mol. The minimum atomic E-state index is -2.77. The molecule has 0 aromatic heterocycles. The predicted octanol–water partition coefficient (Wildman–Crippen LogP) is 3.26. The Bertz CT molecular complexity index is 367. The van der Waals surface area contributed by atoms with Gasteiger partial charge in [0, 0.05) is 5.56 Å². The molecule has 1 heterocycles. The molecule has 17 heavy (non-hydrogen) atoms. The molecule has 2 rings (SSSR count). The monoisotopic (exact) mass is 259 g/mol. The summed E-state index contributed by atoms with van der Waals surface area (Å²) in [7, 11) is 0. The fraction of sp³-hybridized carbons (Fsp3) is 0.500. The molecule has 1 fully saturated rings. The summed E-state index contributed by atoms with van der Waals surface area (Å²) in [6.45, 7) is 0.294. The Morgan fingerprint density at radius 1 is 1.41 bits per heavy atom. The largest absolute Gasteiger partial charge is 0.434 e. The molecule has 1 aliphatic heterocycles. The van der Waals surface area contributed by atoms with E-state index >= 15 is 0 Å². The van der Waals surface area contributed by atoms with E-state index in [1.54, 1.807) is 23.9 Å². The number of alkyl halides is 2. The van der Waals surface area contributed by atoms with Gasteiger partial charge in [0.05, 0.1) is 5.37 Å². The SMILES string of the molecule is CC1CNC(c2ccccc2OC(F)F)SC1. The molecule has 1 saturated heterocycles. The van der Waals surface area contributed by atoms with Gasteiger partial charge in [-0.2, -0.15) is 8.78 Å². The normalized spacial score (nSPS) is 24.9. The Hall–Kier alpha value is -0.810. The van der Waals surface area contributed by atoms with Crippen LogP contribution in [0.2, 0.25) is 0 Å². The van der Waals surface area contributed by atoms with Crippen LogP contribution >= 0.6 is 11.8 Å². The highest BCUT2D eigenvalue weighted by molar-refractivity contribution is 7.99. The Morgan fingerprint density at radius 3 is 2.82 bits per heavy atom. The zero-order valence-electron chi connectivity index (χ0n) is 9.53. The molecule has 1 aromatic rings. The van der Waals surface area contributed by atoms with Gasteiger partial charge in [-0.25, -0.2) is 0 Å². The number of hydrogen-bond acceptors (Lipinski definition) is 3. The van der Waals surface area contributed by atoms with Crippen LogP contribution in [0.1, 0.15) is 17.9 Å². The van der Waals surface area contributed by atoms with Gasteiger partial charge in [-0.3, -0.25) is 0 Å². The van der Waals surface area contributed by atoms with Crippen LogP contribution in [0.15, 0.2) is 24.3 Å². The molecular formula is C12H15F2NOS. The third-order valence-electron chi connectivity index (χ3n) is 2.62. The third-order valence-corrected chi connectivity index (χ3v) is 4.13. The van der Waals surface area contributed by atoms with Gasteiger partial charge in [0.2, 0.25) is 0 Å². The maximum absolute atomic E-state index is 12.3. The van der Waals surface area contributed by atoms with E-state index in [0.717, 1.165) is 17.9 Å². The zero-order valence-corrected chi connectivity index (χ0v) is 10.3. The van der Waals surface area contributed by atoms with E-state index in [9.17, 15) is 8.78 Å². The van der Waals surface area contributed by atoms with Gasteiger partial charge >= 0.3 is 6.61 Å². The van der Waals surface area contributed by atoms with Gasteiger partial charge in [0.1, 0.15) is 5.75 Å². The molecule has 0 spiro atoms. The van der Waals surface area contributed by atoms with Crippen LogP contribution in [0.25, 0.3) is 0 Å². The van der Waals surface area contributed by atoms with Crippen LogP contribution in [-0.2, 0) is 0 Å². The fourth-order valence-electron chi connectivity index (χ4n) is 1.79. The summed E-state index contributed by atoms with van der Waals surface area (Å²) in [6.07, 6.45) is 0. The highest BCUT2D eigenvalue weighted by Gasteiger charge is 2.22. The molecule has 1 aromatic carbocycles. The lowest BCUT2D eigenvalue weighted by Gasteiger charge is -2.28. The van der Waals surface area contributed by atoms with E-state index in [0.29, 0.717) is 5.92 Å². The number of nitrogens with one attached hydrogen (secondary N) is 1. The van der Waals surface area contributed by atoms with Crippen molar-refractivity contribution >= 4 is 11.8 Å². The summed E-state index contributed by atoms with van der Waals surface area (Å²) in [5, 5.41) is 3.38. The smallest absolute Gasteiger partial charge is 0.387 e. The van der Waals surface area contributed by atoms with Crippen molar-refractivity contribution in [2.45, 2.75) is 18.9 Å². The van der Waals surface area contributed by atoms with E-state index in [1.807, 2.05) is 12.1 Å². The Kier molecular flexibility index (Phi) is 4.23. The summed E-state index contributed by atoms with van der Waals surface area (Å²) in [5.74, 6) is 1.90. The highest BCUT2D eigenvalue weighted by Crippen LogP contribution is 2.36. The van der Waals surface area contributed by atoms with Crippen LogP contribution in [0, 0.1) is 5.92 Å². The molecule has 2 unspecified atom stereocenters. The lowest BCUT2D eigenvalue weighted by molar-refractivity contribution is -0.0505. The second-order valence-corrected chi connectivity index (χ2v) is 5.28. The standard InChI is InChI=1S/C12H15F2NOS/c1-8-6-15-11(17-7-8)9-4-2-3-5-10(9)16-12(13)14/h2-5,8,11-12,15H,6-7H2,1H3. The molecule has 1 N–H and O–H groups in total. The molecule has 2 nitrogen and oxygen atoms in total. The third kappa shape index (κ3) is 3.33. The Balaban J connectivity index is 2.14. The zero-order chi connectivity index (χ0) is 12.3. The number of rotatable bonds is 3. The first kappa shape index (κ1) is 12.6. The first-order valence-electron chi connectivity index (χ1n) is 5.55. The average molecular weight is 259 g/mol. The second-order valence-electron chi connectivity index (χ2n) is 4.14. The molecule has 2 atom stereocenters. The number of hydrogen-bond donors (Lipinski definition) is 1. The molecule has 94 valence electrons. The minimum Gasteiger partial charge on any atom is -0.434 e. The summed E-state index contributed by atoms with van der Waals surface area (Å²) in [6, 6.07) is 6.96. The van der Waals surface area contributed by atoms with Crippen molar-refractivity contribution in [2.75, 3.05) is 12.3 Å². The topological polar surface area (TPSA) is 21.3 Å². The number of ether oxygens (including phenoxy) is 1. The van der Waals surface area contributed by atoms with Gasteiger partial charge in [-0.15, -0.1) is 11.8 Å². The first-order valence-corrected chi connectivity index (χ1v) is 6.60. The number of thioether (sulfide) groups is 1. The molecule has 0 amide bonds. The van der Waals surface area contributed by atoms with Gasteiger partial charge in [0.25, 0.3) is 0 Å². The van der Waals surface area contributed by atoms with Gasteiger partial charge in [-0.05, 0) is 24.3 Å². The molecule has 0 bridgehead atoms. The molecule has 0 saturated carbocycles. The van der Waals surface area contributed by atoms with Crippen LogP contribution < -0.4 is 10.1 Å². The predicted molar refractivity (Wildman–Crippen MR) is 65.4 cm³/mol. The second kappa shape index (κ2) is 5.69. The first-order chi connectivity index (χ1) is 8.16. The van der Waals surface area contributed by atoms with E-state index in [4.69, 9.17) is 0 Å². The van der Waals surface area contributed by atoms with Crippen molar-refractivity contribution in [1.82, 2.24) is 5.32 Å². The quantitative estimate of drug-likeness (QED) is 0.900. The molecule has 5 heteroatoms. The summed E-state index contributed by atoms with van der Waals surface area (Å²) < 4.78 is 29.1. The van der Waals surface area contributed by atoms with E-state index in [2.05, 4.69) is 17.0 Å². The van der Waals surface area contributed by atoms with Crippen LogP contribution in [0.3, 0.4) is 0 Å². The maximum atomic E-state index is 12.3. The van der Waals surface area contributed by atoms with Crippen LogP contribution in [0.5, 0.6) is 5.75 Å². The number of benzene rings is 1. The van der Waals surface area contributed by atoms with Crippen molar-refractivity contribution in [2.24, 2.45) is 5.92 Å². The Labute approximate surface area is 104 Å². The number of halogens is 2. The van der Waals surface area contributed by atoms with Crippen LogP contribution in [-0.4, -0.2) is 18.9 Å². The average Bonchev–Trinajstić information content (AvgIpc) is 2.30. The van der Waals surface area contributed by atoms with Crippen molar-refractivity contribution in [3.8, 4) is 5.75 Å². The number of para-hydroxylation sites is 1.